The van der Waals surface area contributed by atoms with Crippen LogP contribution in [0, 0.1) is 18.3 Å². The molecule has 1 aromatic carbocycles. The molecule has 0 unspecified atom stereocenters. The molecule has 1 heterocycles. The minimum Gasteiger partial charge on any atom is -0.382 e. The fourth-order valence-corrected chi connectivity index (χ4v) is 1.75. The molecule has 2 aromatic rings. The van der Waals surface area contributed by atoms with Crippen LogP contribution in [0.25, 0.3) is 5.69 Å². The van der Waals surface area contributed by atoms with E-state index in [0.717, 1.165) is 12.1 Å². The Bertz CT molecular complexity index is 573. The second-order valence-electron chi connectivity index (χ2n) is 3.89. The summed E-state index contributed by atoms with van der Waals surface area (Å²) in [7, 11) is 0. The Morgan fingerprint density at radius 3 is 2.47 bits per heavy atom. The highest BCUT2D eigenvalue weighted by Crippen LogP contribution is 2.20. The van der Waals surface area contributed by atoms with Crippen molar-refractivity contribution >= 4 is 5.82 Å². The molecule has 0 fully saturated rings. The van der Waals surface area contributed by atoms with Crippen LogP contribution in [0.15, 0.2) is 24.3 Å². The Morgan fingerprint density at radius 2 is 2.00 bits per heavy atom. The van der Waals surface area contributed by atoms with Crippen molar-refractivity contribution in [1.29, 1.82) is 5.26 Å². The number of nitriles is 1. The molecule has 0 aliphatic heterocycles. The molecule has 0 saturated heterocycles. The first-order valence-corrected chi connectivity index (χ1v) is 5.52. The SMILES string of the molecule is CCc1ccc(-n2nc(C)c(C#N)c2N)cc1. The minimum atomic E-state index is 0.397. The molecule has 2 rings (SSSR count). The number of anilines is 1. The Labute approximate surface area is 100 Å². The lowest BCUT2D eigenvalue weighted by atomic mass is 10.1. The summed E-state index contributed by atoms with van der Waals surface area (Å²) in [4.78, 5) is 0. The molecule has 17 heavy (non-hydrogen) atoms. The number of aromatic nitrogens is 2. The van der Waals surface area contributed by atoms with Crippen LogP contribution in [0.4, 0.5) is 5.82 Å². The van der Waals surface area contributed by atoms with Crippen molar-refractivity contribution in [1.82, 2.24) is 9.78 Å². The molecule has 0 bridgehead atoms. The highest BCUT2D eigenvalue weighted by Gasteiger charge is 2.12. The summed E-state index contributed by atoms with van der Waals surface area (Å²) in [5, 5.41) is 13.2. The molecule has 1 aromatic heterocycles. The zero-order chi connectivity index (χ0) is 12.4. The van der Waals surface area contributed by atoms with Gasteiger partial charge in [-0.25, -0.2) is 4.68 Å². The Morgan fingerprint density at radius 1 is 1.35 bits per heavy atom. The smallest absolute Gasteiger partial charge is 0.145 e. The monoisotopic (exact) mass is 226 g/mol. The van der Waals surface area contributed by atoms with Gasteiger partial charge in [-0.3, -0.25) is 0 Å². The Balaban J connectivity index is 2.50. The minimum absolute atomic E-state index is 0.397. The van der Waals surface area contributed by atoms with E-state index in [2.05, 4.69) is 18.1 Å². The quantitative estimate of drug-likeness (QED) is 0.853. The van der Waals surface area contributed by atoms with Gasteiger partial charge in [-0.15, -0.1) is 0 Å². The average Bonchev–Trinajstić information content (AvgIpc) is 2.64. The first-order valence-electron chi connectivity index (χ1n) is 5.52. The molecule has 0 saturated carbocycles. The van der Waals surface area contributed by atoms with E-state index in [1.165, 1.54) is 5.56 Å². The van der Waals surface area contributed by atoms with Crippen LogP contribution < -0.4 is 5.73 Å². The summed E-state index contributed by atoms with van der Waals surface area (Å²) in [5.74, 6) is 0.397. The summed E-state index contributed by atoms with van der Waals surface area (Å²) >= 11 is 0. The molecular weight excluding hydrogens is 212 g/mol. The van der Waals surface area contributed by atoms with Crippen molar-refractivity contribution in [3.63, 3.8) is 0 Å². The topological polar surface area (TPSA) is 67.6 Å². The van der Waals surface area contributed by atoms with Crippen molar-refractivity contribution < 1.29 is 0 Å². The zero-order valence-electron chi connectivity index (χ0n) is 9.94. The molecule has 2 N–H and O–H groups in total. The van der Waals surface area contributed by atoms with Crippen molar-refractivity contribution in [3.05, 3.63) is 41.1 Å². The van der Waals surface area contributed by atoms with E-state index < -0.39 is 0 Å². The first kappa shape index (κ1) is 11.2. The number of aryl methyl sites for hydroxylation is 2. The highest BCUT2D eigenvalue weighted by molar-refractivity contribution is 5.55. The maximum atomic E-state index is 8.96. The van der Waals surface area contributed by atoms with Gasteiger partial charge in [-0.05, 0) is 31.0 Å². The normalized spacial score (nSPS) is 10.2. The summed E-state index contributed by atoms with van der Waals surface area (Å²) in [5.41, 5.74) is 9.14. The molecule has 86 valence electrons. The second-order valence-corrected chi connectivity index (χ2v) is 3.89. The van der Waals surface area contributed by atoms with Gasteiger partial charge in [0.25, 0.3) is 0 Å². The van der Waals surface area contributed by atoms with Gasteiger partial charge >= 0.3 is 0 Å². The summed E-state index contributed by atoms with van der Waals surface area (Å²) in [6, 6.07) is 10.1. The van der Waals surface area contributed by atoms with Gasteiger partial charge < -0.3 is 5.73 Å². The van der Waals surface area contributed by atoms with Crippen molar-refractivity contribution in [3.8, 4) is 11.8 Å². The maximum absolute atomic E-state index is 8.96. The molecule has 0 aliphatic rings. The van der Waals surface area contributed by atoms with E-state index in [9.17, 15) is 0 Å². The second kappa shape index (κ2) is 4.30. The van der Waals surface area contributed by atoms with Crippen molar-refractivity contribution in [2.75, 3.05) is 5.73 Å². The van der Waals surface area contributed by atoms with E-state index in [0.29, 0.717) is 17.1 Å². The fraction of sp³-hybridized carbons (Fsp3) is 0.231. The summed E-state index contributed by atoms with van der Waals surface area (Å²) in [6.07, 6.45) is 0.997. The van der Waals surface area contributed by atoms with Gasteiger partial charge in [0.05, 0.1) is 11.4 Å². The summed E-state index contributed by atoms with van der Waals surface area (Å²) in [6.45, 7) is 3.89. The third kappa shape index (κ3) is 1.87. The molecule has 4 nitrogen and oxygen atoms in total. The highest BCUT2D eigenvalue weighted by atomic mass is 15.3. The first-order chi connectivity index (χ1) is 8.17. The van der Waals surface area contributed by atoms with Gasteiger partial charge in [-0.1, -0.05) is 19.1 Å². The number of nitrogens with zero attached hydrogens (tertiary/aromatic N) is 3. The molecule has 0 spiro atoms. The standard InChI is InChI=1S/C13H14N4/c1-3-10-4-6-11(7-5-10)17-13(15)12(8-14)9(2)16-17/h4-7H,3,15H2,1-2H3. The molecule has 0 radical (unpaired) electrons. The molecule has 0 amide bonds. The van der Waals surface area contributed by atoms with Crippen molar-refractivity contribution in [2.24, 2.45) is 0 Å². The van der Waals surface area contributed by atoms with E-state index >= 15 is 0 Å². The number of rotatable bonds is 2. The lowest BCUT2D eigenvalue weighted by Crippen LogP contribution is -2.02. The van der Waals surface area contributed by atoms with Crippen LogP contribution in [0.3, 0.4) is 0 Å². The lowest BCUT2D eigenvalue weighted by Gasteiger charge is -2.04. The molecule has 0 atom stereocenters. The molecular formula is C13H14N4. The number of benzene rings is 1. The van der Waals surface area contributed by atoms with Crippen LogP contribution in [0.2, 0.25) is 0 Å². The van der Waals surface area contributed by atoms with Crippen molar-refractivity contribution in [2.45, 2.75) is 20.3 Å². The maximum Gasteiger partial charge on any atom is 0.145 e. The van der Waals surface area contributed by atoms with Crippen LogP contribution in [0.5, 0.6) is 0 Å². The Hall–Kier alpha value is -2.28. The summed E-state index contributed by atoms with van der Waals surface area (Å²) < 4.78 is 1.60. The third-order valence-corrected chi connectivity index (χ3v) is 2.80. The predicted molar refractivity (Wildman–Crippen MR) is 66.8 cm³/mol. The fourth-order valence-electron chi connectivity index (χ4n) is 1.75. The number of hydrogen-bond acceptors (Lipinski definition) is 3. The van der Waals surface area contributed by atoms with Crippen LogP contribution >= 0.6 is 0 Å². The number of hydrogen-bond donors (Lipinski definition) is 1. The van der Waals surface area contributed by atoms with Crippen LogP contribution in [-0.2, 0) is 6.42 Å². The van der Waals surface area contributed by atoms with E-state index in [1.807, 2.05) is 24.3 Å². The van der Waals surface area contributed by atoms with Gasteiger partial charge in [0.15, 0.2) is 0 Å². The number of nitrogen functional groups attached to an aromatic ring is 1. The predicted octanol–water partition coefficient (Wildman–Crippen LogP) is 2.20. The lowest BCUT2D eigenvalue weighted by molar-refractivity contribution is 0.871. The van der Waals surface area contributed by atoms with E-state index in [4.69, 9.17) is 11.0 Å². The molecule has 0 aliphatic carbocycles. The van der Waals surface area contributed by atoms with Crippen LogP contribution in [0.1, 0.15) is 23.7 Å². The van der Waals surface area contributed by atoms with Gasteiger partial charge in [0.2, 0.25) is 0 Å². The van der Waals surface area contributed by atoms with E-state index in [-0.39, 0.29) is 0 Å². The number of nitrogens with two attached hydrogens (primary N) is 1. The molecule has 4 heteroatoms. The Kier molecular flexibility index (Phi) is 2.84. The van der Waals surface area contributed by atoms with Gasteiger partial charge in [0.1, 0.15) is 17.5 Å². The van der Waals surface area contributed by atoms with E-state index in [1.54, 1.807) is 11.6 Å². The average molecular weight is 226 g/mol. The van der Waals surface area contributed by atoms with Gasteiger partial charge in [0, 0.05) is 0 Å². The largest absolute Gasteiger partial charge is 0.382 e. The third-order valence-electron chi connectivity index (χ3n) is 2.80. The zero-order valence-corrected chi connectivity index (χ0v) is 9.94. The van der Waals surface area contributed by atoms with Gasteiger partial charge in [-0.2, -0.15) is 10.4 Å². The van der Waals surface area contributed by atoms with Crippen LogP contribution in [-0.4, -0.2) is 9.78 Å².